The summed E-state index contributed by atoms with van der Waals surface area (Å²) in [5.41, 5.74) is 1.62. The number of sulfonamides is 1. The van der Waals surface area contributed by atoms with Crippen molar-refractivity contribution in [3.8, 4) is 5.75 Å². The van der Waals surface area contributed by atoms with Crippen LogP contribution in [0.3, 0.4) is 0 Å². The predicted molar refractivity (Wildman–Crippen MR) is 124 cm³/mol. The smallest absolute Gasteiger partial charge is 0.403 e. The van der Waals surface area contributed by atoms with E-state index in [4.69, 9.17) is 39.5 Å². The fourth-order valence-electron chi connectivity index (χ4n) is 2.71. The molecule has 10 heteroatoms. The summed E-state index contributed by atoms with van der Waals surface area (Å²) in [7, 11) is -4.45. The monoisotopic (exact) mass is 511 g/mol. The van der Waals surface area contributed by atoms with Gasteiger partial charge in [-0.3, -0.25) is 4.79 Å². The van der Waals surface area contributed by atoms with Crippen molar-refractivity contribution in [3.63, 3.8) is 0 Å². The standard InChI is InChI=1S/C22H16Cl3NO5S/c1-13-3-7-16(8-4-13)26(32(29,30)17-9-5-14(2)6-10-17)21(27)22(28)31-20-18(24)11-15(23)12-19(20)25/h3-12H,1-2H3. The number of ether oxygens (including phenoxy) is 1. The van der Waals surface area contributed by atoms with Crippen molar-refractivity contribution in [3.05, 3.63) is 86.9 Å². The summed E-state index contributed by atoms with van der Waals surface area (Å²) in [5.74, 6) is -3.25. The summed E-state index contributed by atoms with van der Waals surface area (Å²) in [6.07, 6.45) is 0. The topological polar surface area (TPSA) is 80.8 Å². The van der Waals surface area contributed by atoms with Gasteiger partial charge in [-0.1, -0.05) is 70.2 Å². The van der Waals surface area contributed by atoms with Gasteiger partial charge in [0.15, 0.2) is 5.75 Å². The number of carbonyl (C=O) groups is 2. The molecule has 32 heavy (non-hydrogen) atoms. The number of rotatable bonds is 4. The molecule has 3 aromatic carbocycles. The summed E-state index contributed by atoms with van der Waals surface area (Å²) in [6, 6.07) is 14.4. The van der Waals surface area contributed by atoms with Crippen LogP contribution >= 0.6 is 34.8 Å². The van der Waals surface area contributed by atoms with Gasteiger partial charge in [0.2, 0.25) is 0 Å². The SMILES string of the molecule is Cc1ccc(N(C(=O)C(=O)Oc2c(Cl)cc(Cl)cc2Cl)S(=O)(=O)c2ccc(C)cc2)cc1. The summed E-state index contributed by atoms with van der Waals surface area (Å²) in [6.45, 7) is 3.58. The van der Waals surface area contributed by atoms with Crippen molar-refractivity contribution < 1.29 is 22.7 Å². The Bertz CT molecular complexity index is 1270. The van der Waals surface area contributed by atoms with E-state index in [-0.39, 0.29) is 31.4 Å². The molecule has 0 radical (unpaired) electrons. The van der Waals surface area contributed by atoms with Gasteiger partial charge in [0.1, 0.15) is 0 Å². The summed E-state index contributed by atoms with van der Waals surface area (Å²) >= 11 is 17.9. The van der Waals surface area contributed by atoms with Crippen molar-refractivity contribution in [2.75, 3.05) is 4.31 Å². The molecule has 0 bridgehead atoms. The number of aryl methyl sites for hydroxylation is 2. The molecule has 0 heterocycles. The highest BCUT2D eigenvalue weighted by molar-refractivity contribution is 7.93. The zero-order valence-electron chi connectivity index (χ0n) is 16.8. The van der Waals surface area contributed by atoms with E-state index in [1.54, 1.807) is 38.1 Å². The van der Waals surface area contributed by atoms with Gasteiger partial charge in [-0.05, 0) is 50.2 Å². The van der Waals surface area contributed by atoms with Crippen LogP contribution in [0.1, 0.15) is 11.1 Å². The van der Waals surface area contributed by atoms with Gasteiger partial charge in [-0.15, -0.1) is 0 Å². The van der Waals surface area contributed by atoms with Crippen LogP contribution in [0.25, 0.3) is 0 Å². The molecule has 0 N–H and O–H groups in total. The second-order valence-electron chi connectivity index (χ2n) is 6.81. The Morgan fingerprint density at radius 2 is 1.28 bits per heavy atom. The van der Waals surface area contributed by atoms with E-state index in [1.165, 1.54) is 36.4 Å². The van der Waals surface area contributed by atoms with Crippen molar-refractivity contribution >= 4 is 62.4 Å². The average molecular weight is 513 g/mol. The molecule has 3 rings (SSSR count). The molecule has 0 aliphatic carbocycles. The largest absolute Gasteiger partial charge is 0.416 e. The summed E-state index contributed by atoms with van der Waals surface area (Å²) in [4.78, 5) is 25.6. The maximum Gasteiger partial charge on any atom is 0.403 e. The van der Waals surface area contributed by atoms with Gasteiger partial charge in [0.05, 0.1) is 20.6 Å². The highest BCUT2D eigenvalue weighted by Gasteiger charge is 2.37. The summed E-state index contributed by atoms with van der Waals surface area (Å²) in [5, 5.41) is -0.0480. The van der Waals surface area contributed by atoms with E-state index in [0.29, 0.717) is 4.31 Å². The molecule has 1 amide bonds. The Hall–Kier alpha value is -2.58. The lowest BCUT2D eigenvalue weighted by Gasteiger charge is -2.22. The number of nitrogens with zero attached hydrogens (tertiary/aromatic N) is 1. The third-order valence-corrected chi connectivity index (χ3v) is 6.85. The van der Waals surface area contributed by atoms with Crippen LogP contribution < -0.4 is 9.04 Å². The lowest BCUT2D eigenvalue weighted by Crippen LogP contribution is -2.43. The molecule has 0 saturated heterocycles. The molecular formula is C22H16Cl3NO5S. The number of hydrogen-bond donors (Lipinski definition) is 0. The van der Waals surface area contributed by atoms with Crippen molar-refractivity contribution in [2.45, 2.75) is 18.7 Å². The van der Waals surface area contributed by atoms with Gasteiger partial charge >= 0.3 is 11.9 Å². The molecule has 3 aromatic rings. The molecule has 0 aromatic heterocycles. The zero-order valence-corrected chi connectivity index (χ0v) is 19.9. The highest BCUT2D eigenvalue weighted by atomic mass is 35.5. The maximum absolute atomic E-state index is 13.3. The Morgan fingerprint density at radius 3 is 1.78 bits per heavy atom. The molecule has 6 nitrogen and oxygen atoms in total. The molecule has 0 saturated carbocycles. The minimum absolute atomic E-state index is 0.0357. The quantitative estimate of drug-likeness (QED) is 0.258. The van der Waals surface area contributed by atoms with E-state index in [9.17, 15) is 18.0 Å². The predicted octanol–water partition coefficient (Wildman–Crippen LogP) is 5.59. The van der Waals surface area contributed by atoms with E-state index >= 15 is 0 Å². The van der Waals surface area contributed by atoms with Crippen LogP contribution in [0.4, 0.5) is 5.69 Å². The number of esters is 1. The Labute approximate surface area is 200 Å². The number of carbonyl (C=O) groups excluding carboxylic acids is 2. The van der Waals surface area contributed by atoms with Crippen LogP contribution in [0, 0.1) is 13.8 Å². The number of benzene rings is 3. The Morgan fingerprint density at radius 1 is 0.812 bits per heavy atom. The van der Waals surface area contributed by atoms with Gasteiger partial charge in [-0.25, -0.2) is 13.2 Å². The lowest BCUT2D eigenvalue weighted by molar-refractivity contribution is -0.146. The van der Waals surface area contributed by atoms with Crippen LogP contribution in [-0.2, 0) is 19.6 Å². The van der Waals surface area contributed by atoms with Gasteiger partial charge in [0.25, 0.3) is 10.0 Å². The van der Waals surface area contributed by atoms with Gasteiger partial charge in [0, 0.05) is 5.02 Å². The second kappa shape index (κ2) is 9.50. The average Bonchev–Trinajstić information content (AvgIpc) is 2.72. The fourth-order valence-corrected chi connectivity index (χ4v) is 4.98. The number of halogens is 3. The minimum Gasteiger partial charge on any atom is -0.416 e. The first kappa shape index (κ1) is 24.1. The van der Waals surface area contributed by atoms with Crippen LogP contribution in [0.15, 0.2) is 65.6 Å². The summed E-state index contributed by atoms with van der Waals surface area (Å²) < 4.78 is 32.1. The van der Waals surface area contributed by atoms with Crippen molar-refractivity contribution in [2.24, 2.45) is 0 Å². The Kier molecular flexibility index (Phi) is 7.15. The normalized spacial score (nSPS) is 11.2. The van der Waals surface area contributed by atoms with Crippen LogP contribution in [-0.4, -0.2) is 20.3 Å². The first-order valence-electron chi connectivity index (χ1n) is 9.10. The van der Waals surface area contributed by atoms with Gasteiger partial charge in [-0.2, -0.15) is 4.31 Å². The first-order chi connectivity index (χ1) is 15.0. The molecule has 0 unspecified atom stereocenters. The minimum atomic E-state index is -4.45. The molecule has 166 valence electrons. The molecular weight excluding hydrogens is 497 g/mol. The number of hydrogen-bond acceptors (Lipinski definition) is 5. The zero-order chi connectivity index (χ0) is 23.6. The molecule has 0 fully saturated rings. The molecule has 0 spiro atoms. The molecule has 0 atom stereocenters. The Balaban J connectivity index is 2.05. The van der Waals surface area contributed by atoms with E-state index in [1.807, 2.05) is 0 Å². The highest BCUT2D eigenvalue weighted by Crippen LogP contribution is 2.36. The number of amides is 1. The van der Waals surface area contributed by atoms with E-state index < -0.39 is 21.9 Å². The third-order valence-electron chi connectivity index (χ3n) is 4.34. The maximum atomic E-state index is 13.3. The first-order valence-corrected chi connectivity index (χ1v) is 11.7. The fraction of sp³-hybridized carbons (Fsp3) is 0.0909. The third kappa shape index (κ3) is 5.07. The van der Waals surface area contributed by atoms with E-state index in [2.05, 4.69) is 0 Å². The second-order valence-corrected chi connectivity index (χ2v) is 9.85. The molecule has 0 aliphatic rings. The van der Waals surface area contributed by atoms with Crippen LogP contribution in [0.5, 0.6) is 5.75 Å². The lowest BCUT2D eigenvalue weighted by atomic mass is 10.2. The van der Waals surface area contributed by atoms with E-state index in [0.717, 1.165) is 11.1 Å². The van der Waals surface area contributed by atoms with Crippen molar-refractivity contribution in [1.29, 1.82) is 0 Å². The van der Waals surface area contributed by atoms with Gasteiger partial charge < -0.3 is 4.74 Å². The molecule has 0 aliphatic heterocycles. The van der Waals surface area contributed by atoms with Crippen LogP contribution in [0.2, 0.25) is 15.1 Å². The van der Waals surface area contributed by atoms with Crippen molar-refractivity contribution in [1.82, 2.24) is 0 Å². The number of anilines is 1.